The topological polar surface area (TPSA) is 82.2 Å². The Bertz CT molecular complexity index is 927. The van der Waals surface area contributed by atoms with Gasteiger partial charge in [0.2, 0.25) is 5.82 Å². The zero-order valence-corrected chi connectivity index (χ0v) is 14.2. The first-order valence-corrected chi connectivity index (χ1v) is 7.87. The molecule has 8 heteroatoms. The first kappa shape index (κ1) is 17.4. The Morgan fingerprint density at radius 3 is 2.69 bits per heavy atom. The summed E-state index contributed by atoms with van der Waals surface area (Å²) in [4.78, 5) is 10.4. The van der Waals surface area contributed by atoms with E-state index in [1.165, 1.54) is 19.4 Å². The van der Waals surface area contributed by atoms with Crippen LogP contribution in [0.3, 0.4) is 0 Å². The van der Waals surface area contributed by atoms with Crippen molar-refractivity contribution in [1.82, 2.24) is 9.78 Å². The van der Waals surface area contributed by atoms with Crippen LogP contribution in [0.25, 0.3) is 0 Å². The number of nitrogens with one attached hydrogen (secondary N) is 1. The van der Waals surface area contributed by atoms with Crippen LogP contribution in [-0.4, -0.2) is 21.8 Å². The standard InChI is InChI=1S/C18H17FN4O3/c1-12(13-6-4-3-5-7-13)22-11-14(10-20-22)21-17-9-15(26-2)8-16(19)18(17)23(24)25/h3-12,21H,1-2H3. The van der Waals surface area contributed by atoms with Gasteiger partial charge in [-0.2, -0.15) is 9.49 Å². The molecule has 0 radical (unpaired) electrons. The van der Waals surface area contributed by atoms with Gasteiger partial charge in [-0.15, -0.1) is 0 Å². The van der Waals surface area contributed by atoms with Gasteiger partial charge in [0.25, 0.3) is 0 Å². The van der Waals surface area contributed by atoms with Crippen molar-refractivity contribution < 1.29 is 14.1 Å². The summed E-state index contributed by atoms with van der Waals surface area (Å²) in [5.41, 5.74) is 0.928. The average molecular weight is 356 g/mol. The van der Waals surface area contributed by atoms with E-state index >= 15 is 0 Å². The van der Waals surface area contributed by atoms with E-state index in [9.17, 15) is 14.5 Å². The molecule has 1 heterocycles. The Balaban J connectivity index is 1.90. The van der Waals surface area contributed by atoms with Crippen LogP contribution < -0.4 is 10.1 Å². The van der Waals surface area contributed by atoms with E-state index in [0.717, 1.165) is 11.6 Å². The molecule has 0 saturated carbocycles. The van der Waals surface area contributed by atoms with Crippen molar-refractivity contribution in [3.8, 4) is 5.75 Å². The lowest BCUT2D eigenvalue weighted by Crippen LogP contribution is -2.06. The number of aromatic nitrogens is 2. The third kappa shape index (κ3) is 3.49. The Morgan fingerprint density at radius 1 is 1.31 bits per heavy atom. The van der Waals surface area contributed by atoms with Crippen LogP contribution in [0.1, 0.15) is 18.5 Å². The predicted molar refractivity (Wildman–Crippen MR) is 95.4 cm³/mol. The number of benzene rings is 2. The van der Waals surface area contributed by atoms with Gasteiger partial charge in [-0.25, -0.2) is 0 Å². The number of hydrogen-bond donors (Lipinski definition) is 1. The molecule has 1 N–H and O–H groups in total. The summed E-state index contributed by atoms with van der Waals surface area (Å²) < 4.78 is 20.7. The van der Waals surface area contributed by atoms with Crippen LogP contribution >= 0.6 is 0 Å². The number of halogens is 1. The maximum atomic E-state index is 14.0. The molecule has 0 amide bonds. The molecule has 1 aromatic heterocycles. The molecule has 3 aromatic rings. The van der Waals surface area contributed by atoms with Gasteiger partial charge in [-0.05, 0) is 12.5 Å². The lowest BCUT2D eigenvalue weighted by atomic mass is 10.1. The van der Waals surface area contributed by atoms with E-state index in [1.807, 2.05) is 37.3 Å². The largest absolute Gasteiger partial charge is 0.497 e. The van der Waals surface area contributed by atoms with Gasteiger partial charge in [-0.1, -0.05) is 30.3 Å². The molecule has 2 aromatic carbocycles. The quantitative estimate of drug-likeness (QED) is 0.526. The molecule has 0 fully saturated rings. The van der Waals surface area contributed by atoms with E-state index in [-0.39, 0.29) is 17.5 Å². The van der Waals surface area contributed by atoms with Crippen molar-refractivity contribution >= 4 is 17.1 Å². The number of hydrogen-bond acceptors (Lipinski definition) is 5. The highest BCUT2D eigenvalue weighted by Crippen LogP contribution is 2.34. The lowest BCUT2D eigenvalue weighted by molar-refractivity contribution is -0.386. The first-order chi connectivity index (χ1) is 12.5. The number of rotatable bonds is 6. The molecule has 0 bridgehead atoms. The third-order valence-electron chi connectivity index (χ3n) is 4.01. The molecular formula is C18H17FN4O3. The molecule has 0 spiro atoms. The molecule has 0 aliphatic rings. The molecule has 1 atom stereocenters. The van der Waals surface area contributed by atoms with E-state index < -0.39 is 16.4 Å². The van der Waals surface area contributed by atoms with E-state index in [0.29, 0.717) is 5.69 Å². The molecular weight excluding hydrogens is 339 g/mol. The summed E-state index contributed by atoms with van der Waals surface area (Å²) in [7, 11) is 1.37. The Morgan fingerprint density at radius 2 is 2.04 bits per heavy atom. The van der Waals surface area contributed by atoms with Gasteiger partial charge in [-0.3, -0.25) is 14.8 Å². The minimum Gasteiger partial charge on any atom is -0.497 e. The average Bonchev–Trinajstić information content (AvgIpc) is 3.09. The monoisotopic (exact) mass is 356 g/mol. The molecule has 0 aliphatic carbocycles. The predicted octanol–water partition coefficient (Wildman–Crippen LogP) is 4.29. The third-order valence-corrected chi connectivity index (χ3v) is 4.01. The summed E-state index contributed by atoms with van der Waals surface area (Å²) in [5.74, 6) is -0.789. The van der Waals surface area contributed by atoms with Gasteiger partial charge >= 0.3 is 5.69 Å². The van der Waals surface area contributed by atoms with Crippen LogP contribution in [0.5, 0.6) is 5.75 Å². The second kappa shape index (κ2) is 7.22. The Hall–Kier alpha value is -3.42. The van der Waals surface area contributed by atoms with Crippen molar-refractivity contribution in [1.29, 1.82) is 0 Å². The molecule has 3 rings (SSSR count). The van der Waals surface area contributed by atoms with Crippen molar-refractivity contribution in [2.24, 2.45) is 0 Å². The summed E-state index contributed by atoms with van der Waals surface area (Å²) in [6.07, 6.45) is 3.24. The van der Waals surface area contributed by atoms with Gasteiger partial charge < -0.3 is 10.1 Å². The van der Waals surface area contributed by atoms with Gasteiger partial charge in [0.15, 0.2) is 0 Å². The van der Waals surface area contributed by atoms with Gasteiger partial charge in [0.05, 0.1) is 30.0 Å². The minimum absolute atomic E-state index is 0.00114. The first-order valence-electron chi connectivity index (χ1n) is 7.87. The zero-order chi connectivity index (χ0) is 18.7. The highest BCUT2D eigenvalue weighted by atomic mass is 19.1. The van der Waals surface area contributed by atoms with Crippen molar-refractivity contribution in [3.63, 3.8) is 0 Å². The SMILES string of the molecule is COc1cc(F)c([N+](=O)[O-])c(Nc2cnn(C(C)c3ccccc3)c2)c1. The van der Waals surface area contributed by atoms with Crippen LogP contribution in [0.15, 0.2) is 54.9 Å². The molecule has 7 nitrogen and oxygen atoms in total. The second-order valence-electron chi connectivity index (χ2n) is 5.68. The molecule has 134 valence electrons. The fourth-order valence-corrected chi connectivity index (χ4v) is 2.63. The normalized spacial score (nSPS) is 11.8. The second-order valence-corrected chi connectivity index (χ2v) is 5.68. The maximum Gasteiger partial charge on any atom is 0.328 e. The van der Waals surface area contributed by atoms with Gasteiger partial charge in [0, 0.05) is 18.3 Å². The molecule has 0 aliphatic heterocycles. The number of methoxy groups -OCH3 is 1. The van der Waals surface area contributed by atoms with Crippen LogP contribution in [0.4, 0.5) is 21.5 Å². The van der Waals surface area contributed by atoms with Gasteiger partial charge in [0.1, 0.15) is 11.4 Å². The highest BCUT2D eigenvalue weighted by Gasteiger charge is 2.23. The smallest absolute Gasteiger partial charge is 0.328 e. The number of nitro groups is 1. The number of anilines is 2. The van der Waals surface area contributed by atoms with Crippen LogP contribution in [-0.2, 0) is 0 Å². The van der Waals surface area contributed by atoms with E-state index in [2.05, 4.69) is 10.4 Å². The van der Waals surface area contributed by atoms with E-state index in [1.54, 1.807) is 10.9 Å². The lowest BCUT2D eigenvalue weighted by Gasteiger charge is -2.12. The summed E-state index contributed by atoms with van der Waals surface area (Å²) >= 11 is 0. The summed E-state index contributed by atoms with van der Waals surface area (Å²) in [5, 5.41) is 18.3. The summed E-state index contributed by atoms with van der Waals surface area (Å²) in [6, 6.07) is 12.1. The fraction of sp³-hybridized carbons (Fsp3) is 0.167. The van der Waals surface area contributed by atoms with Crippen molar-refractivity contribution in [2.75, 3.05) is 12.4 Å². The number of nitro benzene ring substituents is 1. The number of nitrogens with zero attached hydrogens (tertiary/aromatic N) is 3. The van der Waals surface area contributed by atoms with Crippen LogP contribution in [0.2, 0.25) is 0 Å². The Labute approximate surface area is 149 Å². The Kier molecular flexibility index (Phi) is 4.83. The molecule has 0 saturated heterocycles. The fourth-order valence-electron chi connectivity index (χ4n) is 2.63. The van der Waals surface area contributed by atoms with E-state index in [4.69, 9.17) is 4.74 Å². The maximum absolute atomic E-state index is 14.0. The summed E-state index contributed by atoms with van der Waals surface area (Å²) in [6.45, 7) is 1.99. The zero-order valence-electron chi connectivity index (χ0n) is 14.2. The van der Waals surface area contributed by atoms with Crippen molar-refractivity contribution in [2.45, 2.75) is 13.0 Å². The van der Waals surface area contributed by atoms with Crippen LogP contribution in [0, 0.1) is 15.9 Å². The molecule has 1 unspecified atom stereocenters. The number of ether oxygens (including phenoxy) is 1. The minimum atomic E-state index is -0.970. The van der Waals surface area contributed by atoms with Crippen molar-refractivity contribution in [3.05, 3.63) is 76.4 Å². The highest BCUT2D eigenvalue weighted by molar-refractivity contribution is 5.71. The molecule has 26 heavy (non-hydrogen) atoms.